The van der Waals surface area contributed by atoms with Gasteiger partial charge in [-0.2, -0.15) is 0 Å². The normalized spacial score (nSPS) is 10.7. The summed E-state index contributed by atoms with van der Waals surface area (Å²) in [5.74, 6) is -0.637. The minimum atomic E-state index is -0.270. The number of thiazole rings is 2. The van der Waals surface area contributed by atoms with E-state index in [4.69, 9.17) is 0 Å². The molecule has 0 aliphatic heterocycles. The number of benzene rings is 1. The number of amides is 2. The number of halogens is 1. The molecule has 0 saturated carbocycles. The van der Waals surface area contributed by atoms with Crippen molar-refractivity contribution in [2.24, 2.45) is 0 Å². The first-order chi connectivity index (χ1) is 15.0. The van der Waals surface area contributed by atoms with Crippen LogP contribution >= 0.6 is 34.0 Å². The van der Waals surface area contributed by atoms with Crippen molar-refractivity contribution < 1.29 is 14.0 Å². The maximum Gasteiger partial charge on any atom is 0.232 e. The lowest BCUT2D eigenvalue weighted by molar-refractivity contribution is -0.116. The topological polar surface area (TPSA) is 84.0 Å². The summed E-state index contributed by atoms with van der Waals surface area (Å²) < 4.78 is 13.0. The molecule has 4 aromatic rings. The van der Waals surface area contributed by atoms with Crippen LogP contribution < -0.4 is 10.6 Å². The molecule has 3 aromatic heterocycles. The molecule has 0 bridgehead atoms. The third-order valence-electron chi connectivity index (χ3n) is 4.15. The summed E-state index contributed by atoms with van der Waals surface area (Å²) in [4.78, 5) is 34.9. The van der Waals surface area contributed by atoms with E-state index in [1.165, 1.54) is 46.1 Å². The second-order valence-corrected chi connectivity index (χ2v) is 9.61. The zero-order valence-corrected chi connectivity index (χ0v) is 18.6. The van der Waals surface area contributed by atoms with E-state index in [0.29, 0.717) is 28.8 Å². The van der Waals surface area contributed by atoms with Crippen LogP contribution in [0.15, 0.2) is 53.4 Å². The highest BCUT2D eigenvalue weighted by Crippen LogP contribution is 2.22. The highest BCUT2D eigenvalue weighted by molar-refractivity contribution is 7.15. The van der Waals surface area contributed by atoms with Crippen molar-refractivity contribution in [2.75, 3.05) is 10.6 Å². The van der Waals surface area contributed by atoms with Gasteiger partial charge < -0.3 is 10.6 Å². The van der Waals surface area contributed by atoms with E-state index in [1.807, 2.05) is 17.5 Å². The number of rotatable bonds is 8. The van der Waals surface area contributed by atoms with Crippen molar-refractivity contribution in [3.63, 3.8) is 0 Å². The summed E-state index contributed by atoms with van der Waals surface area (Å²) >= 11 is 4.19. The van der Waals surface area contributed by atoms with Gasteiger partial charge in [0.15, 0.2) is 10.3 Å². The van der Waals surface area contributed by atoms with Crippen molar-refractivity contribution in [1.82, 2.24) is 9.97 Å². The van der Waals surface area contributed by atoms with E-state index in [1.54, 1.807) is 23.7 Å². The van der Waals surface area contributed by atoms with Gasteiger partial charge in [0, 0.05) is 27.8 Å². The smallest absolute Gasteiger partial charge is 0.232 e. The first-order valence-corrected chi connectivity index (χ1v) is 11.9. The molecule has 158 valence electrons. The summed E-state index contributed by atoms with van der Waals surface area (Å²) in [6, 6.07) is 10.1. The van der Waals surface area contributed by atoms with Gasteiger partial charge in [-0.3, -0.25) is 9.59 Å². The maximum absolute atomic E-state index is 13.0. The summed E-state index contributed by atoms with van der Waals surface area (Å²) in [6.45, 7) is 0. The molecule has 3 heterocycles. The van der Waals surface area contributed by atoms with Gasteiger partial charge in [-0.1, -0.05) is 18.2 Å². The van der Waals surface area contributed by atoms with E-state index in [9.17, 15) is 14.0 Å². The largest absolute Gasteiger partial charge is 0.302 e. The van der Waals surface area contributed by atoms with Gasteiger partial charge in [-0.15, -0.1) is 34.0 Å². The third kappa shape index (κ3) is 6.27. The molecular formula is C21H17FN4O2S3. The van der Waals surface area contributed by atoms with Gasteiger partial charge in [0.2, 0.25) is 11.8 Å². The van der Waals surface area contributed by atoms with Gasteiger partial charge in [0.1, 0.15) is 5.82 Å². The van der Waals surface area contributed by atoms with Crippen LogP contribution in [0.3, 0.4) is 0 Å². The Hall–Kier alpha value is -2.95. The minimum absolute atomic E-state index is 0.0875. The van der Waals surface area contributed by atoms with Crippen molar-refractivity contribution in [1.29, 1.82) is 0 Å². The minimum Gasteiger partial charge on any atom is -0.302 e. The van der Waals surface area contributed by atoms with Gasteiger partial charge >= 0.3 is 0 Å². The molecule has 0 radical (unpaired) electrons. The van der Waals surface area contributed by atoms with Crippen molar-refractivity contribution in [2.45, 2.75) is 19.3 Å². The van der Waals surface area contributed by atoms with Crippen LogP contribution in [0.5, 0.6) is 0 Å². The molecule has 6 nitrogen and oxygen atoms in total. The molecule has 0 aliphatic carbocycles. The number of nitrogens with zero attached hydrogens (tertiary/aromatic N) is 2. The Labute approximate surface area is 189 Å². The number of aromatic nitrogens is 2. The van der Waals surface area contributed by atoms with Crippen LogP contribution in [0.2, 0.25) is 0 Å². The molecule has 2 N–H and O–H groups in total. The molecule has 10 heteroatoms. The molecule has 1 aromatic carbocycles. The van der Waals surface area contributed by atoms with Crippen LogP contribution in [0.25, 0.3) is 0 Å². The molecule has 0 unspecified atom stereocenters. The number of hydrogen-bond donors (Lipinski definition) is 2. The average molecular weight is 473 g/mol. The molecule has 0 saturated heterocycles. The van der Waals surface area contributed by atoms with E-state index < -0.39 is 0 Å². The number of nitrogens with one attached hydrogen (secondary N) is 2. The first kappa shape index (κ1) is 21.3. The Morgan fingerprint density at radius 2 is 1.71 bits per heavy atom. The molecular weight excluding hydrogens is 455 g/mol. The zero-order valence-electron chi connectivity index (χ0n) is 16.1. The predicted octanol–water partition coefficient (Wildman–Crippen LogP) is 4.75. The van der Waals surface area contributed by atoms with E-state index in [0.717, 1.165) is 15.3 Å². The van der Waals surface area contributed by atoms with Gasteiger partial charge in [-0.25, -0.2) is 14.4 Å². The fourth-order valence-corrected chi connectivity index (χ4v) is 5.05. The van der Waals surface area contributed by atoms with Crippen LogP contribution in [-0.4, -0.2) is 21.8 Å². The number of thiophene rings is 1. The summed E-state index contributed by atoms with van der Waals surface area (Å²) in [6.07, 6.45) is 2.71. The first-order valence-electron chi connectivity index (χ1n) is 9.29. The van der Waals surface area contributed by atoms with Crippen LogP contribution in [0.4, 0.5) is 14.7 Å². The van der Waals surface area contributed by atoms with Gasteiger partial charge in [0.25, 0.3) is 0 Å². The Kier molecular flexibility index (Phi) is 6.80. The van der Waals surface area contributed by atoms with E-state index >= 15 is 0 Å². The highest BCUT2D eigenvalue weighted by atomic mass is 32.1. The maximum atomic E-state index is 13.0. The number of anilines is 2. The molecule has 31 heavy (non-hydrogen) atoms. The molecule has 0 fully saturated rings. The van der Waals surface area contributed by atoms with Crippen LogP contribution in [-0.2, 0) is 28.9 Å². The average Bonchev–Trinajstić information content (AvgIpc) is 3.48. The molecule has 2 amide bonds. The Balaban J connectivity index is 1.27. The zero-order chi connectivity index (χ0) is 21.6. The summed E-state index contributed by atoms with van der Waals surface area (Å²) in [7, 11) is 0. The van der Waals surface area contributed by atoms with E-state index in [2.05, 4.69) is 20.6 Å². The lowest BCUT2D eigenvalue weighted by Gasteiger charge is -2.00. The fraction of sp³-hybridized carbons (Fsp3) is 0.143. The van der Waals surface area contributed by atoms with Crippen LogP contribution in [0.1, 0.15) is 21.0 Å². The lowest BCUT2D eigenvalue weighted by Crippen LogP contribution is -2.15. The standard InChI is InChI=1S/C21H17FN4O2S3/c22-14-5-3-13(4-6-14)8-17-11-23-20(31-17)25-18(27)9-15-12-30-21(24-15)26-19(28)10-16-2-1-7-29-16/h1-7,11-12H,8-10H2,(H,23,25,27)(H,24,26,28). The molecule has 0 aliphatic rings. The molecule has 0 spiro atoms. The van der Waals surface area contributed by atoms with Gasteiger partial charge in [-0.05, 0) is 29.1 Å². The summed E-state index contributed by atoms with van der Waals surface area (Å²) in [5, 5.41) is 10.2. The van der Waals surface area contributed by atoms with Crippen molar-refractivity contribution in [3.8, 4) is 0 Å². The fourth-order valence-electron chi connectivity index (χ4n) is 2.76. The lowest BCUT2D eigenvalue weighted by atomic mass is 10.1. The Bertz CT molecular complexity index is 1170. The van der Waals surface area contributed by atoms with Crippen molar-refractivity contribution >= 4 is 56.1 Å². The quantitative estimate of drug-likeness (QED) is 0.388. The molecule has 0 atom stereocenters. The predicted molar refractivity (Wildman–Crippen MR) is 122 cm³/mol. The molecule has 4 rings (SSSR count). The number of carbonyl (C=O) groups is 2. The number of carbonyl (C=O) groups excluding carboxylic acids is 2. The van der Waals surface area contributed by atoms with Crippen molar-refractivity contribution in [3.05, 3.63) is 80.2 Å². The van der Waals surface area contributed by atoms with Gasteiger partial charge in [0.05, 0.1) is 18.5 Å². The highest BCUT2D eigenvalue weighted by Gasteiger charge is 2.12. The third-order valence-corrected chi connectivity index (χ3v) is 6.74. The second kappa shape index (κ2) is 9.90. The van der Waals surface area contributed by atoms with Crippen LogP contribution in [0, 0.1) is 5.82 Å². The SMILES string of the molecule is O=C(Cc1cccs1)Nc1nc(CC(=O)Nc2ncc(Cc3ccc(F)cc3)s2)cs1. The van der Waals surface area contributed by atoms with E-state index in [-0.39, 0.29) is 24.1 Å². The second-order valence-electron chi connectivity index (χ2n) is 6.61. The Morgan fingerprint density at radius 1 is 0.935 bits per heavy atom. The monoisotopic (exact) mass is 472 g/mol. The summed E-state index contributed by atoms with van der Waals surface area (Å²) in [5.41, 5.74) is 1.55. The number of hydrogen-bond acceptors (Lipinski definition) is 7. The Morgan fingerprint density at radius 3 is 2.48 bits per heavy atom.